The van der Waals surface area contributed by atoms with E-state index >= 15 is 0 Å². The third-order valence-electron chi connectivity index (χ3n) is 3.77. The van der Waals surface area contributed by atoms with E-state index in [1.54, 1.807) is 25.7 Å². The van der Waals surface area contributed by atoms with Crippen molar-refractivity contribution >= 4 is 38.9 Å². The predicted octanol–water partition coefficient (Wildman–Crippen LogP) is 2.23. The molecular weight excluding hydrogens is 372 g/mol. The van der Waals surface area contributed by atoms with E-state index in [1.807, 2.05) is 0 Å². The van der Waals surface area contributed by atoms with Crippen LogP contribution < -0.4 is 15.4 Å². The van der Waals surface area contributed by atoms with Crippen molar-refractivity contribution in [3.63, 3.8) is 0 Å². The Morgan fingerprint density at radius 3 is 2.81 bits per heavy atom. The van der Waals surface area contributed by atoms with Gasteiger partial charge in [0.1, 0.15) is 11.9 Å². The molecule has 1 saturated heterocycles. The SMILES string of the molecule is COc1ncnc2sc(NC(=O)N3CC[C@@H](NC(=O)OC(C)(C)C)C3)nc12. The normalized spacial score (nSPS) is 17.0. The van der Waals surface area contributed by atoms with Gasteiger partial charge in [-0.3, -0.25) is 5.32 Å². The minimum atomic E-state index is -0.559. The maximum atomic E-state index is 12.5. The number of rotatable bonds is 3. The number of hydrogen-bond acceptors (Lipinski definition) is 8. The smallest absolute Gasteiger partial charge is 0.407 e. The van der Waals surface area contributed by atoms with Crippen LogP contribution in [0.5, 0.6) is 5.88 Å². The summed E-state index contributed by atoms with van der Waals surface area (Å²) in [5.74, 6) is 0.361. The number of amides is 3. The van der Waals surface area contributed by atoms with Gasteiger partial charge in [-0.25, -0.2) is 19.6 Å². The van der Waals surface area contributed by atoms with E-state index in [0.717, 1.165) is 0 Å². The van der Waals surface area contributed by atoms with Crippen molar-refractivity contribution in [2.75, 3.05) is 25.5 Å². The quantitative estimate of drug-likeness (QED) is 0.819. The molecule has 1 atom stereocenters. The van der Waals surface area contributed by atoms with Gasteiger partial charge in [-0.15, -0.1) is 0 Å². The van der Waals surface area contributed by atoms with Crippen molar-refractivity contribution in [3.8, 4) is 5.88 Å². The van der Waals surface area contributed by atoms with Gasteiger partial charge in [-0.1, -0.05) is 11.3 Å². The largest absolute Gasteiger partial charge is 0.479 e. The molecule has 3 rings (SSSR count). The number of ether oxygens (including phenoxy) is 2. The standard InChI is InChI=1S/C16H22N6O4S/c1-16(2,3)26-15(24)19-9-5-6-22(7-9)14(23)21-13-20-10-11(25-4)17-8-18-12(10)27-13/h8-9H,5-7H2,1-4H3,(H,19,24)(H,20,21,23)/t9-/m1/s1. The average molecular weight is 394 g/mol. The number of methoxy groups -OCH3 is 1. The van der Waals surface area contributed by atoms with Gasteiger partial charge in [-0.05, 0) is 27.2 Å². The van der Waals surface area contributed by atoms with Crippen LogP contribution in [0.4, 0.5) is 14.7 Å². The molecule has 2 aromatic heterocycles. The van der Waals surface area contributed by atoms with Gasteiger partial charge in [0.05, 0.1) is 13.2 Å². The molecule has 3 amide bonds. The number of alkyl carbamates (subject to hydrolysis) is 1. The Kier molecular flexibility index (Phi) is 5.31. The van der Waals surface area contributed by atoms with Gasteiger partial charge >= 0.3 is 12.1 Å². The zero-order chi connectivity index (χ0) is 19.6. The van der Waals surface area contributed by atoms with E-state index in [4.69, 9.17) is 9.47 Å². The molecule has 0 saturated carbocycles. The summed E-state index contributed by atoms with van der Waals surface area (Å²) in [5, 5.41) is 5.97. The molecule has 0 bridgehead atoms. The molecule has 10 nitrogen and oxygen atoms in total. The zero-order valence-electron chi connectivity index (χ0n) is 15.6. The summed E-state index contributed by atoms with van der Waals surface area (Å²) in [6, 6.07) is -0.429. The number of nitrogens with zero attached hydrogens (tertiary/aromatic N) is 4. The lowest BCUT2D eigenvalue weighted by atomic mass is 10.2. The van der Waals surface area contributed by atoms with E-state index in [9.17, 15) is 9.59 Å². The van der Waals surface area contributed by atoms with Crippen LogP contribution in [0, 0.1) is 0 Å². The average Bonchev–Trinajstić information content (AvgIpc) is 3.18. The molecule has 2 N–H and O–H groups in total. The summed E-state index contributed by atoms with van der Waals surface area (Å²) in [4.78, 5) is 39.0. The van der Waals surface area contributed by atoms with Gasteiger partial charge in [0, 0.05) is 13.1 Å². The molecule has 1 aliphatic rings. The number of anilines is 1. The minimum Gasteiger partial charge on any atom is -0.479 e. The lowest BCUT2D eigenvalue weighted by Crippen LogP contribution is -2.42. The molecule has 0 spiro atoms. The highest BCUT2D eigenvalue weighted by molar-refractivity contribution is 7.22. The van der Waals surface area contributed by atoms with Crippen LogP contribution in [0.1, 0.15) is 27.2 Å². The van der Waals surface area contributed by atoms with E-state index < -0.39 is 11.7 Å². The first-order valence-electron chi connectivity index (χ1n) is 8.46. The maximum absolute atomic E-state index is 12.5. The Labute approximate surface area is 160 Å². The minimum absolute atomic E-state index is 0.146. The number of thiazole rings is 1. The summed E-state index contributed by atoms with van der Waals surface area (Å²) in [5.41, 5.74) is -0.0533. The molecule has 27 heavy (non-hydrogen) atoms. The van der Waals surface area contributed by atoms with Crippen LogP contribution in [0.3, 0.4) is 0 Å². The molecule has 0 unspecified atom stereocenters. The van der Waals surface area contributed by atoms with E-state index in [1.165, 1.54) is 24.8 Å². The molecular formula is C16H22N6O4S. The van der Waals surface area contributed by atoms with Gasteiger partial charge in [0.2, 0.25) is 5.88 Å². The molecule has 1 fully saturated rings. The lowest BCUT2D eigenvalue weighted by Gasteiger charge is -2.22. The van der Waals surface area contributed by atoms with E-state index in [2.05, 4.69) is 25.6 Å². The van der Waals surface area contributed by atoms with Crippen molar-refractivity contribution in [3.05, 3.63) is 6.33 Å². The summed E-state index contributed by atoms with van der Waals surface area (Å²) in [6.45, 7) is 6.34. The van der Waals surface area contributed by atoms with E-state index in [0.29, 0.717) is 40.9 Å². The van der Waals surface area contributed by atoms with Gasteiger partial charge < -0.3 is 19.7 Å². The van der Waals surface area contributed by atoms with Crippen molar-refractivity contribution < 1.29 is 19.1 Å². The number of carbonyl (C=O) groups is 2. The number of fused-ring (bicyclic) bond motifs is 1. The fourth-order valence-corrected chi connectivity index (χ4v) is 3.43. The lowest BCUT2D eigenvalue weighted by molar-refractivity contribution is 0.0506. The predicted molar refractivity (Wildman–Crippen MR) is 100 cm³/mol. The van der Waals surface area contributed by atoms with Crippen molar-refractivity contribution in [2.24, 2.45) is 0 Å². The Morgan fingerprint density at radius 2 is 2.11 bits per heavy atom. The highest BCUT2D eigenvalue weighted by Crippen LogP contribution is 2.29. The number of nitrogens with one attached hydrogen (secondary N) is 2. The molecule has 3 heterocycles. The van der Waals surface area contributed by atoms with Crippen LogP contribution in [-0.2, 0) is 4.74 Å². The number of aromatic nitrogens is 3. The summed E-state index contributed by atoms with van der Waals surface area (Å²) >= 11 is 1.24. The highest BCUT2D eigenvalue weighted by atomic mass is 32.1. The number of hydrogen-bond donors (Lipinski definition) is 2. The van der Waals surface area contributed by atoms with Crippen molar-refractivity contribution in [2.45, 2.75) is 38.8 Å². The zero-order valence-corrected chi connectivity index (χ0v) is 16.4. The first-order chi connectivity index (χ1) is 12.7. The second-order valence-corrected chi connectivity index (χ2v) is 8.04. The molecule has 0 aromatic carbocycles. The number of carbonyl (C=O) groups excluding carboxylic acids is 2. The Bertz CT molecular complexity index is 849. The Balaban J connectivity index is 1.57. The molecule has 0 aliphatic carbocycles. The fourth-order valence-electron chi connectivity index (χ4n) is 2.64. The maximum Gasteiger partial charge on any atom is 0.407 e. The summed E-state index contributed by atoms with van der Waals surface area (Å²) in [6.07, 6.45) is 1.57. The van der Waals surface area contributed by atoms with Gasteiger partial charge in [0.15, 0.2) is 15.5 Å². The number of likely N-dealkylation sites (tertiary alicyclic amines) is 1. The highest BCUT2D eigenvalue weighted by Gasteiger charge is 2.29. The number of urea groups is 1. The van der Waals surface area contributed by atoms with Gasteiger partial charge in [0.25, 0.3) is 0 Å². The van der Waals surface area contributed by atoms with Gasteiger partial charge in [-0.2, -0.15) is 4.98 Å². The molecule has 146 valence electrons. The monoisotopic (exact) mass is 394 g/mol. The first kappa shape index (κ1) is 19.1. The molecule has 1 aliphatic heterocycles. The van der Waals surface area contributed by atoms with E-state index in [-0.39, 0.29) is 12.1 Å². The second kappa shape index (κ2) is 7.51. The van der Waals surface area contributed by atoms with Crippen LogP contribution in [0.25, 0.3) is 10.3 Å². The van der Waals surface area contributed by atoms with Crippen molar-refractivity contribution in [1.82, 2.24) is 25.2 Å². The van der Waals surface area contributed by atoms with Crippen LogP contribution in [-0.4, -0.2) is 63.8 Å². The topological polar surface area (TPSA) is 119 Å². The molecule has 11 heteroatoms. The summed E-state index contributed by atoms with van der Waals surface area (Å²) < 4.78 is 10.4. The third-order valence-corrected chi connectivity index (χ3v) is 4.64. The second-order valence-electron chi connectivity index (χ2n) is 7.06. The van der Waals surface area contributed by atoms with Crippen LogP contribution >= 0.6 is 11.3 Å². The summed E-state index contributed by atoms with van der Waals surface area (Å²) in [7, 11) is 1.50. The van der Waals surface area contributed by atoms with Crippen molar-refractivity contribution in [1.29, 1.82) is 0 Å². The molecule has 2 aromatic rings. The fraction of sp³-hybridized carbons (Fsp3) is 0.562. The van der Waals surface area contributed by atoms with Crippen LogP contribution in [0.15, 0.2) is 6.33 Å². The first-order valence-corrected chi connectivity index (χ1v) is 9.28. The molecule has 0 radical (unpaired) electrons. The Hall–Kier alpha value is -2.69. The van der Waals surface area contributed by atoms with Crippen LogP contribution in [0.2, 0.25) is 0 Å². The third kappa shape index (κ3) is 4.73. The Morgan fingerprint density at radius 1 is 1.33 bits per heavy atom.